The maximum absolute atomic E-state index is 3.69. The highest BCUT2D eigenvalue weighted by Gasteiger charge is 2.17. The molecule has 0 fully saturated rings. The van der Waals surface area contributed by atoms with Gasteiger partial charge in [0.05, 0.1) is 0 Å². The monoisotopic (exact) mass is 260 g/mol. The van der Waals surface area contributed by atoms with Crippen molar-refractivity contribution in [2.24, 2.45) is 0 Å². The van der Waals surface area contributed by atoms with Gasteiger partial charge in [-0.2, -0.15) is 0 Å². The van der Waals surface area contributed by atoms with Crippen molar-refractivity contribution in [3.05, 3.63) is 29.8 Å². The summed E-state index contributed by atoms with van der Waals surface area (Å²) in [5.74, 6) is 0. The summed E-state index contributed by atoms with van der Waals surface area (Å²) >= 11 is 0. The molecule has 1 unspecified atom stereocenters. The molecule has 0 aliphatic carbocycles. The summed E-state index contributed by atoms with van der Waals surface area (Å²) in [6, 6.07) is 9.56. The zero-order valence-corrected chi connectivity index (χ0v) is 12.5. The number of anilines is 1. The van der Waals surface area contributed by atoms with E-state index in [0.717, 1.165) is 12.6 Å². The first-order valence-corrected chi connectivity index (χ1v) is 7.91. The van der Waals surface area contributed by atoms with Gasteiger partial charge in [-0.3, -0.25) is 0 Å². The van der Waals surface area contributed by atoms with Crippen LogP contribution in [0.1, 0.15) is 45.1 Å². The van der Waals surface area contributed by atoms with Crippen molar-refractivity contribution < 1.29 is 0 Å². The molecule has 1 heterocycles. The first kappa shape index (κ1) is 14.4. The lowest BCUT2D eigenvalue weighted by Crippen LogP contribution is -2.32. The molecule has 0 amide bonds. The Labute approximate surface area is 118 Å². The minimum Gasteiger partial charge on any atom is -0.371 e. The fraction of sp³-hybridized carbons (Fsp3) is 0.647. The Balaban J connectivity index is 1.70. The Morgan fingerprint density at radius 1 is 1.26 bits per heavy atom. The Morgan fingerprint density at radius 3 is 2.89 bits per heavy atom. The lowest BCUT2D eigenvalue weighted by Gasteiger charge is -2.21. The van der Waals surface area contributed by atoms with E-state index in [9.17, 15) is 0 Å². The third kappa shape index (κ3) is 3.97. The summed E-state index contributed by atoms with van der Waals surface area (Å²) in [4.78, 5) is 2.54. The van der Waals surface area contributed by atoms with E-state index in [1.807, 2.05) is 0 Å². The third-order valence-corrected chi connectivity index (χ3v) is 4.15. The second-order valence-corrected chi connectivity index (χ2v) is 5.57. The topological polar surface area (TPSA) is 15.3 Å². The Kier molecular flexibility index (Phi) is 5.71. The molecule has 1 atom stereocenters. The summed E-state index contributed by atoms with van der Waals surface area (Å²) in [6.07, 6.45) is 6.31. The number of rotatable bonds is 8. The van der Waals surface area contributed by atoms with Crippen LogP contribution >= 0.6 is 0 Å². The summed E-state index contributed by atoms with van der Waals surface area (Å²) in [7, 11) is 0. The Bertz CT molecular complexity index is 375. The van der Waals surface area contributed by atoms with Gasteiger partial charge in [0.2, 0.25) is 0 Å². The van der Waals surface area contributed by atoms with Crippen molar-refractivity contribution in [1.29, 1.82) is 0 Å². The zero-order valence-electron chi connectivity index (χ0n) is 12.5. The number of fused-ring (bicyclic) bond motifs is 1. The molecule has 1 aliphatic rings. The van der Waals surface area contributed by atoms with Crippen LogP contribution in [0.15, 0.2) is 24.3 Å². The van der Waals surface area contributed by atoms with Crippen molar-refractivity contribution in [2.75, 3.05) is 24.5 Å². The highest BCUT2D eigenvalue weighted by molar-refractivity contribution is 5.57. The molecule has 2 rings (SSSR count). The van der Waals surface area contributed by atoms with Crippen molar-refractivity contribution in [2.45, 2.75) is 52.0 Å². The molecule has 0 saturated carbocycles. The predicted molar refractivity (Wildman–Crippen MR) is 84.0 cm³/mol. The predicted octanol–water partition coefficient (Wildman–Crippen LogP) is 3.61. The fourth-order valence-corrected chi connectivity index (χ4v) is 3.01. The van der Waals surface area contributed by atoms with E-state index in [1.54, 1.807) is 0 Å². The van der Waals surface area contributed by atoms with Crippen LogP contribution < -0.4 is 10.2 Å². The summed E-state index contributed by atoms with van der Waals surface area (Å²) in [6.45, 7) is 8.09. The van der Waals surface area contributed by atoms with E-state index in [1.165, 1.54) is 56.4 Å². The second kappa shape index (κ2) is 7.54. The standard InChI is InChI=1S/C17H28N2/c1-3-8-16(4-2)18-12-7-13-19-14-11-15-9-5-6-10-17(15)19/h5-6,9-10,16,18H,3-4,7-8,11-14H2,1-2H3. The molecule has 0 radical (unpaired) electrons. The maximum Gasteiger partial charge on any atom is 0.0399 e. The quantitative estimate of drug-likeness (QED) is 0.718. The molecule has 0 bridgehead atoms. The van der Waals surface area contributed by atoms with Crippen LogP contribution in [0.5, 0.6) is 0 Å². The first-order valence-electron chi connectivity index (χ1n) is 7.91. The fourth-order valence-electron chi connectivity index (χ4n) is 3.01. The van der Waals surface area contributed by atoms with Crippen LogP contribution in [-0.4, -0.2) is 25.7 Å². The number of nitrogens with zero attached hydrogens (tertiary/aromatic N) is 1. The van der Waals surface area contributed by atoms with Crippen molar-refractivity contribution in [3.8, 4) is 0 Å². The van der Waals surface area contributed by atoms with E-state index in [0.29, 0.717) is 0 Å². The SMILES string of the molecule is CCCC(CC)NCCCN1CCc2ccccc21. The summed E-state index contributed by atoms with van der Waals surface area (Å²) in [5.41, 5.74) is 2.98. The molecular weight excluding hydrogens is 232 g/mol. The average Bonchev–Trinajstić information content (AvgIpc) is 2.85. The molecule has 19 heavy (non-hydrogen) atoms. The molecular formula is C17H28N2. The first-order chi connectivity index (χ1) is 9.35. The van der Waals surface area contributed by atoms with Crippen LogP contribution in [0.25, 0.3) is 0 Å². The van der Waals surface area contributed by atoms with E-state index in [4.69, 9.17) is 0 Å². The van der Waals surface area contributed by atoms with E-state index >= 15 is 0 Å². The molecule has 106 valence electrons. The minimum atomic E-state index is 0.718. The Hall–Kier alpha value is -1.02. The van der Waals surface area contributed by atoms with Crippen LogP contribution in [0.2, 0.25) is 0 Å². The van der Waals surface area contributed by atoms with Gasteiger partial charge >= 0.3 is 0 Å². The van der Waals surface area contributed by atoms with Gasteiger partial charge in [0.15, 0.2) is 0 Å². The molecule has 1 aliphatic heterocycles. The highest BCUT2D eigenvalue weighted by Crippen LogP contribution is 2.27. The number of benzene rings is 1. The van der Waals surface area contributed by atoms with Crippen LogP contribution in [0.4, 0.5) is 5.69 Å². The maximum atomic E-state index is 3.69. The molecule has 0 spiro atoms. The molecule has 0 saturated heterocycles. The zero-order chi connectivity index (χ0) is 13.5. The lowest BCUT2D eigenvalue weighted by atomic mass is 10.1. The summed E-state index contributed by atoms with van der Waals surface area (Å²) in [5, 5.41) is 3.69. The highest BCUT2D eigenvalue weighted by atomic mass is 15.1. The van der Waals surface area contributed by atoms with Crippen molar-refractivity contribution in [3.63, 3.8) is 0 Å². The van der Waals surface area contributed by atoms with Crippen molar-refractivity contribution >= 4 is 5.69 Å². The summed E-state index contributed by atoms with van der Waals surface area (Å²) < 4.78 is 0. The average molecular weight is 260 g/mol. The van der Waals surface area contributed by atoms with Gasteiger partial charge in [-0.05, 0) is 43.9 Å². The molecule has 2 nitrogen and oxygen atoms in total. The number of nitrogens with one attached hydrogen (secondary N) is 1. The third-order valence-electron chi connectivity index (χ3n) is 4.15. The smallest absolute Gasteiger partial charge is 0.0399 e. The van der Waals surface area contributed by atoms with Gasteiger partial charge in [-0.1, -0.05) is 38.5 Å². The van der Waals surface area contributed by atoms with Gasteiger partial charge in [0.1, 0.15) is 0 Å². The second-order valence-electron chi connectivity index (χ2n) is 5.57. The van der Waals surface area contributed by atoms with Gasteiger partial charge in [-0.15, -0.1) is 0 Å². The van der Waals surface area contributed by atoms with Crippen LogP contribution in [-0.2, 0) is 6.42 Å². The Morgan fingerprint density at radius 2 is 2.11 bits per heavy atom. The van der Waals surface area contributed by atoms with Crippen LogP contribution in [0, 0.1) is 0 Å². The number of hydrogen-bond donors (Lipinski definition) is 1. The van der Waals surface area contributed by atoms with E-state index in [2.05, 4.69) is 48.3 Å². The normalized spacial score (nSPS) is 15.6. The number of hydrogen-bond acceptors (Lipinski definition) is 2. The largest absolute Gasteiger partial charge is 0.371 e. The molecule has 1 aromatic rings. The molecule has 1 N–H and O–H groups in total. The number of para-hydroxylation sites is 1. The van der Waals surface area contributed by atoms with Crippen molar-refractivity contribution in [1.82, 2.24) is 5.32 Å². The molecule has 2 heteroatoms. The van der Waals surface area contributed by atoms with Gasteiger partial charge in [-0.25, -0.2) is 0 Å². The molecule has 1 aromatic carbocycles. The van der Waals surface area contributed by atoms with E-state index < -0.39 is 0 Å². The lowest BCUT2D eigenvalue weighted by molar-refractivity contribution is 0.459. The van der Waals surface area contributed by atoms with Gasteiger partial charge in [0.25, 0.3) is 0 Å². The van der Waals surface area contributed by atoms with Gasteiger partial charge in [0, 0.05) is 24.8 Å². The van der Waals surface area contributed by atoms with Crippen LogP contribution in [0.3, 0.4) is 0 Å². The van der Waals surface area contributed by atoms with E-state index in [-0.39, 0.29) is 0 Å². The minimum absolute atomic E-state index is 0.718. The van der Waals surface area contributed by atoms with Gasteiger partial charge < -0.3 is 10.2 Å². The molecule has 0 aromatic heterocycles.